The summed E-state index contributed by atoms with van der Waals surface area (Å²) in [6.45, 7) is 6.51. The van der Waals surface area contributed by atoms with E-state index in [0.717, 1.165) is 11.3 Å². The smallest absolute Gasteiger partial charge is 0.273 e. The summed E-state index contributed by atoms with van der Waals surface area (Å²) in [5.74, 6) is 0.739. The van der Waals surface area contributed by atoms with Gasteiger partial charge in [-0.05, 0) is 12.5 Å². The lowest BCUT2D eigenvalue weighted by molar-refractivity contribution is 0.0941. The number of hydrogen-bond donors (Lipinski definition) is 1. The number of amides is 1. The minimum absolute atomic E-state index is 0.212. The summed E-state index contributed by atoms with van der Waals surface area (Å²) >= 11 is 0. The van der Waals surface area contributed by atoms with Gasteiger partial charge in [0, 0.05) is 18.5 Å². The van der Waals surface area contributed by atoms with Crippen molar-refractivity contribution in [3.05, 3.63) is 52.9 Å². The molecule has 2 rings (SSSR count). The molecular formula is C15H18N2O2. The number of rotatable bonds is 4. The molecule has 0 spiro atoms. The van der Waals surface area contributed by atoms with Gasteiger partial charge in [-0.1, -0.05) is 48.8 Å². The summed E-state index contributed by atoms with van der Waals surface area (Å²) in [5.41, 5.74) is 2.59. The molecule has 4 nitrogen and oxygen atoms in total. The Morgan fingerprint density at radius 3 is 2.58 bits per heavy atom. The molecule has 0 fully saturated rings. The molecule has 19 heavy (non-hydrogen) atoms. The molecule has 0 bridgehead atoms. The highest BCUT2D eigenvalue weighted by Gasteiger charge is 2.13. The Morgan fingerprint density at radius 1 is 1.32 bits per heavy atom. The van der Waals surface area contributed by atoms with E-state index in [1.54, 1.807) is 6.07 Å². The number of hydrogen-bond acceptors (Lipinski definition) is 3. The van der Waals surface area contributed by atoms with Gasteiger partial charge in [0.25, 0.3) is 5.91 Å². The van der Waals surface area contributed by atoms with Crippen LogP contribution in [-0.2, 0) is 6.54 Å². The van der Waals surface area contributed by atoms with E-state index in [1.807, 2.05) is 45.0 Å². The van der Waals surface area contributed by atoms with Gasteiger partial charge in [0.05, 0.1) is 0 Å². The Morgan fingerprint density at radius 2 is 2.00 bits per heavy atom. The predicted molar refractivity (Wildman–Crippen MR) is 72.9 cm³/mol. The number of benzene rings is 1. The van der Waals surface area contributed by atoms with Crippen molar-refractivity contribution in [2.75, 3.05) is 0 Å². The third-order valence-corrected chi connectivity index (χ3v) is 2.90. The number of carbonyl (C=O) groups is 1. The van der Waals surface area contributed by atoms with Crippen LogP contribution in [0.2, 0.25) is 0 Å². The average molecular weight is 258 g/mol. The molecule has 1 N–H and O–H groups in total. The summed E-state index contributed by atoms with van der Waals surface area (Å²) in [4.78, 5) is 11.9. The van der Waals surface area contributed by atoms with Gasteiger partial charge in [-0.3, -0.25) is 4.79 Å². The molecule has 0 saturated carbocycles. The van der Waals surface area contributed by atoms with Gasteiger partial charge >= 0.3 is 0 Å². The van der Waals surface area contributed by atoms with E-state index < -0.39 is 0 Å². The lowest BCUT2D eigenvalue weighted by Gasteiger charge is -2.03. The third kappa shape index (κ3) is 3.44. The van der Waals surface area contributed by atoms with Crippen LogP contribution in [0.4, 0.5) is 0 Å². The maximum Gasteiger partial charge on any atom is 0.273 e. The van der Waals surface area contributed by atoms with Gasteiger partial charge in [0.2, 0.25) is 0 Å². The van der Waals surface area contributed by atoms with Gasteiger partial charge < -0.3 is 9.84 Å². The minimum atomic E-state index is -0.212. The Bertz CT molecular complexity index is 556. The fourth-order valence-electron chi connectivity index (χ4n) is 1.65. The Labute approximate surface area is 112 Å². The van der Waals surface area contributed by atoms with Crippen LogP contribution in [0.15, 0.2) is 34.9 Å². The summed E-state index contributed by atoms with van der Waals surface area (Å²) in [6, 6.07) is 9.73. The SMILES string of the molecule is Cc1ccc(CNC(=O)c2cc(C(C)C)on2)cc1. The lowest BCUT2D eigenvalue weighted by Crippen LogP contribution is -2.23. The zero-order chi connectivity index (χ0) is 13.8. The van der Waals surface area contributed by atoms with Gasteiger partial charge in [0.1, 0.15) is 5.76 Å². The van der Waals surface area contributed by atoms with Crippen molar-refractivity contribution in [1.82, 2.24) is 10.5 Å². The zero-order valence-electron chi connectivity index (χ0n) is 11.4. The van der Waals surface area contributed by atoms with Crippen LogP contribution >= 0.6 is 0 Å². The number of nitrogens with zero attached hydrogens (tertiary/aromatic N) is 1. The third-order valence-electron chi connectivity index (χ3n) is 2.90. The van der Waals surface area contributed by atoms with Crippen LogP contribution in [0, 0.1) is 6.92 Å². The van der Waals surface area contributed by atoms with E-state index in [2.05, 4.69) is 10.5 Å². The summed E-state index contributed by atoms with van der Waals surface area (Å²) < 4.78 is 5.10. The Hall–Kier alpha value is -2.10. The highest BCUT2D eigenvalue weighted by atomic mass is 16.5. The molecule has 0 unspecified atom stereocenters. The minimum Gasteiger partial charge on any atom is -0.360 e. The first-order valence-corrected chi connectivity index (χ1v) is 6.36. The van der Waals surface area contributed by atoms with E-state index in [-0.39, 0.29) is 11.8 Å². The van der Waals surface area contributed by atoms with Gasteiger partial charge in [-0.15, -0.1) is 0 Å². The first-order chi connectivity index (χ1) is 9.06. The van der Waals surface area contributed by atoms with Crippen LogP contribution in [0.1, 0.15) is 47.1 Å². The number of nitrogens with one attached hydrogen (secondary N) is 1. The molecule has 0 aliphatic heterocycles. The standard InChI is InChI=1S/C15H18N2O2/c1-10(2)14-8-13(17-19-14)15(18)16-9-12-6-4-11(3)5-7-12/h4-8,10H,9H2,1-3H3,(H,16,18). The quantitative estimate of drug-likeness (QED) is 0.917. The fourth-order valence-corrected chi connectivity index (χ4v) is 1.65. The van der Waals surface area contributed by atoms with Crippen molar-refractivity contribution >= 4 is 5.91 Å². The van der Waals surface area contributed by atoms with Gasteiger partial charge in [-0.2, -0.15) is 0 Å². The molecule has 0 radical (unpaired) electrons. The molecule has 0 atom stereocenters. The van der Waals surface area contributed by atoms with Gasteiger partial charge in [-0.25, -0.2) is 0 Å². The first kappa shape index (κ1) is 13.3. The predicted octanol–water partition coefficient (Wildman–Crippen LogP) is 3.04. The lowest BCUT2D eigenvalue weighted by atomic mass is 10.1. The molecule has 1 amide bonds. The molecule has 2 aromatic rings. The maximum absolute atomic E-state index is 11.9. The van der Waals surface area contributed by atoms with Crippen LogP contribution in [-0.4, -0.2) is 11.1 Å². The highest BCUT2D eigenvalue weighted by molar-refractivity contribution is 5.92. The van der Waals surface area contributed by atoms with E-state index in [1.165, 1.54) is 5.56 Å². The van der Waals surface area contributed by atoms with Crippen molar-refractivity contribution in [2.45, 2.75) is 33.2 Å². The second-order valence-corrected chi connectivity index (χ2v) is 4.94. The summed E-state index contributed by atoms with van der Waals surface area (Å²) in [6.07, 6.45) is 0. The second kappa shape index (κ2) is 5.69. The molecule has 4 heteroatoms. The number of carbonyl (C=O) groups excluding carboxylic acids is 1. The molecule has 1 heterocycles. The summed E-state index contributed by atoms with van der Waals surface area (Å²) in [5, 5.41) is 6.60. The average Bonchev–Trinajstić information content (AvgIpc) is 2.87. The molecule has 0 saturated heterocycles. The molecule has 1 aromatic carbocycles. The van der Waals surface area contributed by atoms with Crippen LogP contribution < -0.4 is 5.32 Å². The normalized spacial score (nSPS) is 10.7. The molecule has 0 aliphatic rings. The van der Waals surface area contributed by atoms with Crippen molar-refractivity contribution < 1.29 is 9.32 Å². The number of aromatic nitrogens is 1. The largest absolute Gasteiger partial charge is 0.360 e. The zero-order valence-corrected chi connectivity index (χ0v) is 11.4. The topological polar surface area (TPSA) is 55.1 Å². The van der Waals surface area contributed by atoms with Crippen molar-refractivity contribution in [1.29, 1.82) is 0 Å². The first-order valence-electron chi connectivity index (χ1n) is 6.36. The van der Waals surface area contributed by atoms with E-state index >= 15 is 0 Å². The fraction of sp³-hybridized carbons (Fsp3) is 0.333. The molecule has 1 aromatic heterocycles. The molecular weight excluding hydrogens is 240 g/mol. The molecule has 100 valence electrons. The monoisotopic (exact) mass is 258 g/mol. The maximum atomic E-state index is 11.9. The highest BCUT2D eigenvalue weighted by Crippen LogP contribution is 2.15. The summed E-state index contributed by atoms with van der Waals surface area (Å²) in [7, 11) is 0. The van der Waals surface area contributed by atoms with E-state index in [9.17, 15) is 4.79 Å². The van der Waals surface area contributed by atoms with Crippen molar-refractivity contribution in [2.24, 2.45) is 0 Å². The second-order valence-electron chi connectivity index (χ2n) is 4.94. The van der Waals surface area contributed by atoms with E-state index in [0.29, 0.717) is 12.2 Å². The Kier molecular flexibility index (Phi) is 4.00. The van der Waals surface area contributed by atoms with Crippen molar-refractivity contribution in [3.63, 3.8) is 0 Å². The van der Waals surface area contributed by atoms with Gasteiger partial charge in [0.15, 0.2) is 5.69 Å². The van der Waals surface area contributed by atoms with Crippen LogP contribution in [0.3, 0.4) is 0 Å². The van der Waals surface area contributed by atoms with Crippen LogP contribution in [0.25, 0.3) is 0 Å². The van der Waals surface area contributed by atoms with E-state index in [4.69, 9.17) is 4.52 Å². The number of aryl methyl sites for hydroxylation is 1. The van der Waals surface area contributed by atoms with Crippen LogP contribution in [0.5, 0.6) is 0 Å². The Balaban J connectivity index is 1.95. The molecule has 0 aliphatic carbocycles. The van der Waals surface area contributed by atoms with Crippen molar-refractivity contribution in [3.8, 4) is 0 Å².